The Bertz CT molecular complexity index is 1090. The van der Waals surface area contributed by atoms with E-state index in [9.17, 15) is 13.2 Å². The fourth-order valence-corrected chi connectivity index (χ4v) is 3.92. The van der Waals surface area contributed by atoms with E-state index in [1.54, 1.807) is 6.92 Å². The van der Waals surface area contributed by atoms with E-state index in [0.29, 0.717) is 16.9 Å². The van der Waals surface area contributed by atoms with Crippen LogP contribution in [-0.2, 0) is 23.6 Å². The van der Waals surface area contributed by atoms with E-state index in [1.165, 1.54) is 34.1 Å². The first-order valence-corrected chi connectivity index (χ1v) is 9.60. The van der Waals surface area contributed by atoms with Crippen LogP contribution in [0.3, 0.4) is 0 Å². The van der Waals surface area contributed by atoms with Crippen molar-refractivity contribution in [3.8, 4) is 0 Å². The highest BCUT2D eigenvalue weighted by Crippen LogP contribution is 2.22. The van der Waals surface area contributed by atoms with Crippen molar-refractivity contribution < 1.29 is 17.4 Å². The fourth-order valence-electron chi connectivity index (χ4n) is 2.50. The molecule has 0 saturated heterocycles. The number of fused-ring (bicyclic) bond motifs is 1. The molecule has 3 aromatic rings. The lowest BCUT2D eigenvalue weighted by atomic mass is 10.2. The third kappa shape index (κ3) is 3.17. The minimum absolute atomic E-state index is 0.0269. The third-order valence-corrected chi connectivity index (χ3v) is 5.98. The van der Waals surface area contributed by atoms with Crippen LogP contribution in [0.2, 0.25) is 0 Å². The summed E-state index contributed by atoms with van der Waals surface area (Å²) in [6.45, 7) is 5.77. The third-order valence-electron chi connectivity index (χ3n) is 4.07. The van der Waals surface area contributed by atoms with Gasteiger partial charge in [-0.05, 0) is 18.2 Å². The summed E-state index contributed by atoms with van der Waals surface area (Å²) in [4.78, 5) is 15.9. The Morgan fingerprint density at radius 2 is 2.04 bits per heavy atom. The highest BCUT2D eigenvalue weighted by Gasteiger charge is 2.26. The summed E-state index contributed by atoms with van der Waals surface area (Å²) >= 11 is 0. The summed E-state index contributed by atoms with van der Waals surface area (Å²) < 4.78 is 38.7. The average Bonchev–Trinajstić information content (AvgIpc) is 3.18. The van der Waals surface area contributed by atoms with Crippen LogP contribution in [0.25, 0.3) is 11.1 Å². The van der Waals surface area contributed by atoms with Crippen molar-refractivity contribution in [2.75, 3.05) is 6.54 Å². The molecule has 26 heavy (non-hydrogen) atoms. The second kappa shape index (κ2) is 6.69. The summed E-state index contributed by atoms with van der Waals surface area (Å²) in [5, 5.41) is 3.86. The maximum absolute atomic E-state index is 13.0. The summed E-state index contributed by atoms with van der Waals surface area (Å²) in [5.74, 6) is 0.303. The van der Waals surface area contributed by atoms with Gasteiger partial charge in [0.1, 0.15) is 0 Å². The number of hydrogen-bond donors (Lipinski definition) is 0. The van der Waals surface area contributed by atoms with Gasteiger partial charge in [0.05, 0.1) is 17.0 Å². The molecule has 9 nitrogen and oxygen atoms in total. The molecule has 0 bridgehead atoms. The van der Waals surface area contributed by atoms with Crippen LogP contribution in [0.15, 0.2) is 36.8 Å². The van der Waals surface area contributed by atoms with Crippen molar-refractivity contribution in [3.63, 3.8) is 0 Å². The van der Waals surface area contributed by atoms with E-state index in [-0.39, 0.29) is 29.8 Å². The zero-order chi connectivity index (χ0) is 19.1. The summed E-state index contributed by atoms with van der Waals surface area (Å²) in [7, 11) is -2.29. The van der Waals surface area contributed by atoms with Gasteiger partial charge in [0.2, 0.25) is 15.9 Å². The molecule has 0 radical (unpaired) electrons. The maximum Gasteiger partial charge on any atom is 0.419 e. The van der Waals surface area contributed by atoms with Crippen LogP contribution < -0.4 is 5.76 Å². The molecule has 0 atom stereocenters. The van der Waals surface area contributed by atoms with Gasteiger partial charge >= 0.3 is 5.76 Å². The molecule has 0 amide bonds. The van der Waals surface area contributed by atoms with Gasteiger partial charge in [-0.15, -0.1) is 0 Å². The number of oxazole rings is 1. The van der Waals surface area contributed by atoms with E-state index in [0.717, 1.165) is 0 Å². The second-order valence-electron chi connectivity index (χ2n) is 6.19. The smallest absolute Gasteiger partial charge is 0.408 e. The van der Waals surface area contributed by atoms with Crippen molar-refractivity contribution in [1.82, 2.24) is 19.0 Å². The molecule has 0 aliphatic rings. The first kappa shape index (κ1) is 18.3. The Labute approximate surface area is 150 Å². The molecule has 0 N–H and O–H groups in total. The lowest BCUT2D eigenvalue weighted by Gasteiger charge is -2.18. The Kier molecular flexibility index (Phi) is 4.72. The number of aromatic nitrogens is 3. The molecule has 2 heterocycles. The second-order valence-corrected chi connectivity index (χ2v) is 8.13. The molecule has 0 unspecified atom stereocenters. The van der Waals surface area contributed by atoms with Gasteiger partial charge in [0.15, 0.2) is 11.4 Å². The van der Waals surface area contributed by atoms with E-state index in [1.807, 2.05) is 13.8 Å². The molecule has 0 aliphatic carbocycles. The lowest BCUT2D eigenvalue weighted by molar-refractivity contribution is 0.319. The number of sulfonamides is 1. The number of aryl methyl sites for hydroxylation is 1. The summed E-state index contributed by atoms with van der Waals surface area (Å²) in [6, 6.07) is 4.31. The first-order chi connectivity index (χ1) is 12.2. The minimum Gasteiger partial charge on any atom is -0.408 e. The van der Waals surface area contributed by atoms with E-state index < -0.39 is 15.8 Å². The van der Waals surface area contributed by atoms with Gasteiger partial charge in [-0.2, -0.15) is 9.29 Å². The minimum atomic E-state index is -3.81. The maximum atomic E-state index is 13.0. The Morgan fingerprint density at radius 3 is 2.65 bits per heavy atom. The molecule has 140 valence electrons. The average molecular weight is 380 g/mol. The number of rotatable bonds is 6. The quantitative estimate of drug-likeness (QED) is 0.641. The van der Waals surface area contributed by atoms with Gasteiger partial charge in [-0.25, -0.2) is 13.2 Å². The summed E-state index contributed by atoms with van der Waals surface area (Å²) in [5.41, 5.74) is 0.741. The van der Waals surface area contributed by atoms with Crippen molar-refractivity contribution in [2.24, 2.45) is 7.05 Å². The topological polar surface area (TPSA) is 111 Å². The Morgan fingerprint density at radius 1 is 1.31 bits per heavy atom. The van der Waals surface area contributed by atoms with Gasteiger partial charge in [-0.3, -0.25) is 4.57 Å². The van der Waals surface area contributed by atoms with E-state index in [2.05, 4.69) is 10.1 Å². The Balaban J connectivity index is 1.96. The fraction of sp³-hybridized carbons (Fsp3) is 0.438. The highest BCUT2D eigenvalue weighted by molar-refractivity contribution is 7.89. The number of benzene rings is 1. The molecule has 0 spiro atoms. The Hall–Kier alpha value is -2.46. The SMILES string of the molecule is CCN(Cc1nc(C(C)C)no1)S(=O)(=O)c1ccc2oc(=O)n(C)c2c1. The zero-order valence-electron chi connectivity index (χ0n) is 15.0. The van der Waals surface area contributed by atoms with E-state index >= 15 is 0 Å². The molecule has 0 fully saturated rings. The number of nitrogens with zero attached hydrogens (tertiary/aromatic N) is 4. The van der Waals surface area contributed by atoms with Gasteiger partial charge in [0.25, 0.3) is 0 Å². The molecule has 3 rings (SSSR count). The van der Waals surface area contributed by atoms with Crippen LogP contribution in [0.1, 0.15) is 38.4 Å². The van der Waals surface area contributed by atoms with Crippen LogP contribution >= 0.6 is 0 Å². The van der Waals surface area contributed by atoms with Crippen molar-refractivity contribution >= 4 is 21.1 Å². The van der Waals surface area contributed by atoms with Gasteiger partial charge < -0.3 is 8.94 Å². The number of hydrogen-bond acceptors (Lipinski definition) is 7. The van der Waals surface area contributed by atoms with Gasteiger partial charge in [-0.1, -0.05) is 25.9 Å². The van der Waals surface area contributed by atoms with Crippen molar-refractivity contribution in [3.05, 3.63) is 40.5 Å². The molecule has 1 aromatic carbocycles. The predicted octanol–water partition coefficient (Wildman–Crippen LogP) is 1.85. The molecular formula is C16H20N4O5S. The monoisotopic (exact) mass is 380 g/mol. The van der Waals surface area contributed by atoms with Gasteiger partial charge in [0, 0.05) is 19.5 Å². The van der Waals surface area contributed by atoms with Crippen molar-refractivity contribution in [2.45, 2.75) is 38.1 Å². The van der Waals surface area contributed by atoms with Crippen LogP contribution in [0.5, 0.6) is 0 Å². The van der Waals surface area contributed by atoms with Crippen LogP contribution in [-0.4, -0.2) is 34.0 Å². The standard InChI is InChI=1S/C16H20N4O5S/c1-5-20(9-14-17-15(10(2)3)18-25-14)26(22,23)11-6-7-13-12(8-11)19(4)16(21)24-13/h6-8,10H,5,9H2,1-4H3. The van der Waals surface area contributed by atoms with E-state index in [4.69, 9.17) is 8.94 Å². The molecule has 0 saturated carbocycles. The summed E-state index contributed by atoms with van der Waals surface area (Å²) in [6.07, 6.45) is 0. The first-order valence-electron chi connectivity index (χ1n) is 8.16. The highest BCUT2D eigenvalue weighted by atomic mass is 32.2. The van der Waals surface area contributed by atoms with Crippen LogP contribution in [0.4, 0.5) is 0 Å². The normalized spacial score (nSPS) is 12.5. The molecule has 0 aliphatic heterocycles. The largest absolute Gasteiger partial charge is 0.419 e. The molecule has 10 heteroatoms. The molecule has 2 aromatic heterocycles. The predicted molar refractivity (Wildman–Crippen MR) is 93.1 cm³/mol. The zero-order valence-corrected chi connectivity index (χ0v) is 15.8. The van der Waals surface area contributed by atoms with Crippen molar-refractivity contribution in [1.29, 1.82) is 0 Å². The molecular weight excluding hydrogens is 360 g/mol. The van der Waals surface area contributed by atoms with Crippen LogP contribution in [0, 0.1) is 0 Å². The lowest BCUT2D eigenvalue weighted by Crippen LogP contribution is -2.30.